The van der Waals surface area contributed by atoms with E-state index in [0.29, 0.717) is 17.4 Å². The van der Waals surface area contributed by atoms with Gasteiger partial charge in [-0.15, -0.1) is 0 Å². The van der Waals surface area contributed by atoms with E-state index < -0.39 is 23.5 Å². The standard InChI is InChI=1S/C28H29F4N3O4/c1-3-17(2)25(35-20-7-4-18(5-8-20)27(38)33-13-12-26(36)37)16-39-21-9-11-24(34-15-21)22-10-6-19(14-23(22)29)28(30,31)32/h4-11,14-15,17,25,35H,3,12-13,16H2,1-2H3,(H,33,38)(H,36,37). The van der Waals surface area contributed by atoms with Gasteiger partial charge in [-0.1, -0.05) is 20.3 Å². The molecule has 0 spiro atoms. The molecule has 7 nitrogen and oxygen atoms in total. The Bertz CT molecular complexity index is 1270. The quantitative estimate of drug-likeness (QED) is 0.240. The maximum atomic E-state index is 14.3. The van der Waals surface area contributed by atoms with Crippen LogP contribution in [-0.4, -0.2) is 41.2 Å². The van der Waals surface area contributed by atoms with Crippen molar-refractivity contribution in [2.45, 2.75) is 38.9 Å². The van der Waals surface area contributed by atoms with Gasteiger partial charge >= 0.3 is 12.1 Å². The van der Waals surface area contributed by atoms with E-state index >= 15 is 0 Å². The monoisotopic (exact) mass is 547 g/mol. The van der Waals surface area contributed by atoms with Crippen LogP contribution < -0.4 is 15.4 Å². The average molecular weight is 548 g/mol. The van der Waals surface area contributed by atoms with Crippen molar-refractivity contribution in [3.63, 3.8) is 0 Å². The number of ether oxygens (including phenoxy) is 1. The number of halogens is 4. The highest BCUT2D eigenvalue weighted by Gasteiger charge is 2.31. The second-order valence-corrected chi connectivity index (χ2v) is 9.00. The van der Waals surface area contributed by atoms with Crippen molar-refractivity contribution < 1.29 is 37.0 Å². The molecule has 3 aromatic rings. The number of aliphatic carboxylic acids is 1. The van der Waals surface area contributed by atoms with Crippen LogP contribution >= 0.6 is 0 Å². The van der Waals surface area contributed by atoms with Gasteiger partial charge in [0.1, 0.15) is 18.2 Å². The highest BCUT2D eigenvalue weighted by Crippen LogP contribution is 2.32. The summed E-state index contributed by atoms with van der Waals surface area (Å²) in [6.45, 7) is 4.40. The Kier molecular flexibility index (Phi) is 9.86. The Morgan fingerprint density at radius 3 is 2.36 bits per heavy atom. The molecule has 208 valence electrons. The summed E-state index contributed by atoms with van der Waals surface area (Å²) in [5, 5.41) is 14.6. The highest BCUT2D eigenvalue weighted by atomic mass is 19.4. The fourth-order valence-corrected chi connectivity index (χ4v) is 3.66. The molecule has 11 heteroatoms. The largest absolute Gasteiger partial charge is 0.490 e. The minimum atomic E-state index is -4.63. The molecular formula is C28H29F4N3O4. The molecule has 1 heterocycles. The minimum Gasteiger partial charge on any atom is -0.490 e. The molecule has 2 aromatic carbocycles. The lowest BCUT2D eigenvalue weighted by Gasteiger charge is -2.25. The number of alkyl halides is 3. The Hall–Kier alpha value is -4.15. The number of hydrogen-bond donors (Lipinski definition) is 3. The van der Waals surface area contributed by atoms with Gasteiger partial charge in [-0.25, -0.2) is 4.39 Å². The summed E-state index contributed by atoms with van der Waals surface area (Å²) < 4.78 is 58.6. The van der Waals surface area contributed by atoms with E-state index in [9.17, 15) is 27.2 Å². The first-order valence-corrected chi connectivity index (χ1v) is 12.3. The summed E-state index contributed by atoms with van der Waals surface area (Å²) in [5.41, 5.74) is 0.223. The zero-order valence-corrected chi connectivity index (χ0v) is 21.4. The molecule has 1 amide bonds. The van der Waals surface area contributed by atoms with Crippen LogP contribution in [0.2, 0.25) is 0 Å². The molecule has 0 aliphatic heterocycles. The molecular weight excluding hydrogens is 518 g/mol. The number of carbonyl (C=O) groups is 2. The van der Waals surface area contributed by atoms with Crippen LogP contribution in [0.25, 0.3) is 11.3 Å². The third-order valence-electron chi connectivity index (χ3n) is 6.19. The van der Waals surface area contributed by atoms with Gasteiger partial charge < -0.3 is 20.5 Å². The van der Waals surface area contributed by atoms with E-state index in [4.69, 9.17) is 9.84 Å². The molecule has 2 unspecified atom stereocenters. The van der Waals surface area contributed by atoms with E-state index in [-0.39, 0.29) is 48.7 Å². The van der Waals surface area contributed by atoms with Crippen molar-refractivity contribution >= 4 is 17.6 Å². The van der Waals surface area contributed by atoms with Crippen LogP contribution in [0.5, 0.6) is 5.75 Å². The van der Waals surface area contributed by atoms with Crippen molar-refractivity contribution in [3.8, 4) is 17.0 Å². The Morgan fingerprint density at radius 1 is 1.08 bits per heavy atom. The maximum Gasteiger partial charge on any atom is 0.416 e. The van der Waals surface area contributed by atoms with Gasteiger partial charge in [0.2, 0.25) is 0 Å². The third kappa shape index (κ3) is 8.42. The zero-order valence-electron chi connectivity index (χ0n) is 21.4. The van der Waals surface area contributed by atoms with Crippen molar-refractivity contribution in [3.05, 3.63) is 77.7 Å². The molecule has 0 aliphatic rings. The number of nitrogens with one attached hydrogen (secondary N) is 2. The first-order valence-electron chi connectivity index (χ1n) is 12.3. The molecule has 2 atom stereocenters. The van der Waals surface area contributed by atoms with Crippen LogP contribution in [0.3, 0.4) is 0 Å². The topological polar surface area (TPSA) is 101 Å². The van der Waals surface area contributed by atoms with Crippen molar-refractivity contribution in [2.24, 2.45) is 5.92 Å². The summed E-state index contributed by atoms with van der Waals surface area (Å²) in [4.78, 5) is 26.9. The first-order chi connectivity index (χ1) is 18.5. The lowest BCUT2D eigenvalue weighted by atomic mass is 9.99. The maximum absolute atomic E-state index is 14.3. The molecule has 1 aromatic heterocycles. The summed E-state index contributed by atoms with van der Waals surface area (Å²) >= 11 is 0. The summed E-state index contributed by atoms with van der Waals surface area (Å²) in [5.74, 6) is -1.76. The van der Waals surface area contributed by atoms with E-state index in [0.717, 1.165) is 24.2 Å². The third-order valence-corrected chi connectivity index (χ3v) is 6.19. The number of anilines is 1. The van der Waals surface area contributed by atoms with E-state index in [1.54, 1.807) is 30.3 Å². The fourth-order valence-electron chi connectivity index (χ4n) is 3.66. The van der Waals surface area contributed by atoms with Gasteiger partial charge in [-0.05, 0) is 60.5 Å². The Balaban J connectivity index is 1.61. The van der Waals surface area contributed by atoms with Crippen LogP contribution in [-0.2, 0) is 11.0 Å². The zero-order chi connectivity index (χ0) is 28.6. The van der Waals surface area contributed by atoms with Gasteiger partial charge in [0.15, 0.2) is 0 Å². The van der Waals surface area contributed by atoms with E-state index in [1.807, 2.05) is 6.92 Å². The SMILES string of the molecule is CCC(C)C(COc1ccc(-c2ccc(C(F)(F)F)cc2F)nc1)Nc1ccc(C(=O)NCCC(=O)O)cc1. The summed E-state index contributed by atoms with van der Waals surface area (Å²) in [7, 11) is 0. The number of carboxylic acids is 1. The lowest BCUT2D eigenvalue weighted by Crippen LogP contribution is -2.33. The van der Waals surface area contributed by atoms with Crippen molar-refractivity contribution in [1.82, 2.24) is 10.3 Å². The smallest absolute Gasteiger partial charge is 0.416 e. The summed E-state index contributed by atoms with van der Waals surface area (Å²) in [6.07, 6.45) is -2.55. The Labute approximate surface area is 223 Å². The lowest BCUT2D eigenvalue weighted by molar-refractivity contribution is -0.138. The molecule has 0 radical (unpaired) electrons. The second kappa shape index (κ2) is 13.1. The molecule has 0 fully saturated rings. The average Bonchev–Trinajstić information content (AvgIpc) is 2.90. The van der Waals surface area contributed by atoms with Gasteiger partial charge in [0.25, 0.3) is 5.91 Å². The molecule has 0 saturated carbocycles. The van der Waals surface area contributed by atoms with Crippen molar-refractivity contribution in [1.29, 1.82) is 0 Å². The number of amides is 1. The molecule has 0 aliphatic carbocycles. The van der Waals surface area contributed by atoms with E-state index in [1.165, 1.54) is 12.3 Å². The minimum absolute atomic E-state index is 0.0384. The number of pyridine rings is 1. The Morgan fingerprint density at radius 2 is 1.79 bits per heavy atom. The van der Waals surface area contributed by atoms with Gasteiger partial charge in [0, 0.05) is 23.4 Å². The predicted octanol–water partition coefficient (Wildman–Crippen LogP) is 6.02. The highest BCUT2D eigenvalue weighted by molar-refractivity contribution is 5.94. The number of carboxylic acid groups (broad SMARTS) is 1. The second-order valence-electron chi connectivity index (χ2n) is 9.00. The fraction of sp³-hybridized carbons (Fsp3) is 0.321. The number of aromatic nitrogens is 1. The number of rotatable bonds is 12. The van der Waals surface area contributed by atoms with Crippen LogP contribution in [0, 0.1) is 11.7 Å². The normalized spacial score (nSPS) is 12.9. The number of benzene rings is 2. The molecule has 0 bridgehead atoms. The number of carbonyl (C=O) groups excluding carboxylic acids is 1. The van der Waals surface area contributed by atoms with Crippen molar-refractivity contribution in [2.75, 3.05) is 18.5 Å². The van der Waals surface area contributed by atoms with Crippen LogP contribution in [0.1, 0.15) is 42.6 Å². The van der Waals surface area contributed by atoms with E-state index in [2.05, 4.69) is 22.5 Å². The van der Waals surface area contributed by atoms with Gasteiger partial charge in [0.05, 0.1) is 29.9 Å². The molecule has 39 heavy (non-hydrogen) atoms. The number of hydrogen-bond acceptors (Lipinski definition) is 5. The number of nitrogens with zero attached hydrogens (tertiary/aromatic N) is 1. The molecule has 3 N–H and O–H groups in total. The summed E-state index contributed by atoms with van der Waals surface area (Å²) in [6, 6.07) is 12.0. The first kappa shape index (κ1) is 29.4. The van der Waals surface area contributed by atoms with Gasteiger partial charge in [-0.2, -0.15) is 13.2 Å². The molecule has 3 rings (SSSR count). The molecule has 0 saturated heterocycles. The van der Waals surface area contributed by atoms with Crippen LogP contribution in [0.4, 0.5) is 23.2 Å². The predicted molar refractivity (Wildman–Crippen MR) is 138 cm³/mol. The van der Waals surface area contributed by atoms with Gasteiger partial charge in [-0.3, -0.25) is 14.6 Å². The van der Waals surface area contributed by atoms with Crippen LogP contribution in [0.15, 0.2) is 60.8 Å².